The highest BCUT2D eigenvalue weighted by atomic mass is 32.2. The van der Waals surface area contributed by atoms with Gasteiger partial charge in [-0.25, -0.2) is 4.83 Å². The van der Waals surface area contributed by atoms with Gasteiger partial charge in [0.05, 0.1) is 16.0 Å². The molecule has 2 rings (SSSR count). The van der Waals surface area contributed by atoms with Crippen LogP contribution in [0.1, 0.15) is 18.1 Å². The van der Waals surface area contributed by atoms with Crippen molar-refractivity contribution in [2.24, 2.45) is 5.10 Å². The smallest absolute Gasteiger partial charge is 0.276 e. The number of sulfonamides is 1. The molecule has 0 aliphatic heterocycles. The minimum atomic E-state index is -3.87. The summed E-state index contributed by atoms with van der Waals surface area (Å²) >= 11 is 0. The van der Waals surface area contributed by atoms with Crippen molar-refractivity contribution in [1.82, 2.24) is 10.1 Å². The molecular formula is C16H16N4O5S. The molecule has 0 heterocycles. The van der Waals surface area contributed by atoms with Crippen LogP contribution in [-0.2, 0) is 21.4 Å². The summed E-state index contributed by atoms with van der Waals surface area (Å²) in [5.41, 5.74) is 1.01. The molecule has 1 amide bonds. The van der Waals surface area contributed by atoms with Gasteiger partial charge in [-0.05, 0) is 17.7 Å². The molecule has 0 fully saturated rings. The first-order valence-electron chi connectivity index (χ1n) is 7.40. The zero-order valence-corrected chi connectivity index (χ0v) is 14.6. The first-order chi connectivity index (χ1) is 12.3. The van der Waals surface area contributed by atoms with E-state index in [1.165, 1.54) is 43.5 Å². The summed E-state index contributed by atoms with van der Waals surface area (Å²) in [5.74, 6) is -0.182. The molecule has 0 atom stereocenters. The lowest BCUT2D eigenvalue weighted by Gasteiger charge is -2.06. The molecule has 2 aromatic carbocycles. The number of amides is 1. The van der Waals surface area contributed by atoms with Crippen molar-refractivity contribution in [3.8, 4) is 0 Å². The number of hydrogen-bond donors (Lipinski definition) is 2. The van der Waals surface area contributed by atoms with Gasteiger partial charge in [0.15, 0.2) is 0 Å². The number of nitrogens with zero attached hydrogens (tertiary/aromatic N) is 2. The van der Waals surface area contributed by atoms with Gasteiger partial charge in [-0.3, -0.25) is 14.9 Å². The first kappa shape index (κ1) is 19.1. The van der Waals surface area contributed by atoms with Gasteiger partial charge in [-0.15, -0.1) is 0 Å². The van der Waals surface area contributed by atoms with E-state index in [0.29, 0.717) is 12.1 Å². The second kappa shape index (κ2) is 8.21. The quantitative estimate of drug-likeness (QED) is 0.430. The Balaban J connectivity index is 2.05. The molecule has 0 unspecified atom stereocenters. The largest absolute Gasteiger partial charge is 0.352 e. The van der Waals surface area contributed by atoms with Crippen LogP contribution in [0.2, 0.25) is 0 Å². The maximum atomic E-state index is 12.2. The van der Waals surface area contributed by atoms with Crippen molar-refractivity contribution < 1.29 is 18.1 Å². The molecule has 136 valence electrons. The van der Waals surface area contributed by atoms with Crippen LogP contribution in [0.15, 0.2) is 58.5 Å². The van der Waals surface area contributed by atoms with Gasteiger partial charge < -0.3 is 5.32 Å². The minimum Gasteiger partial charge on any atom is -0.352 e. The highest BCUT2D eigenvalue weighted by Gasteiger charge is 2.12. The lowest BCUT2D eigenvalue weighted by molar-refractivity contribution is -0.384. The zero-order valence-electron chi connectivity index (χ0n) is 13.7. The summed E-state index contributed by atoms with van der Waals surface area (Å²) in [4.78, 5) is 23.1. The van der Waals surface area contributed by atoms with Crippen LogP contribution in [0.4, 0.5) is 5.69 Å². The predicted molar refractivity (Wildman–Crippen MR) is 95.0 cm³/mol. The monoisotopic (exact) mass is 376 g/mol. The third-order valence-electron chi connectivity index (χ3n) is 3.24. The molecule has 0 aliphatic carbocycles. The van der Waals surface area contributed by atoms with E-state index >= 15 is 0 Å². The molecular weight excluding hydrogens is 360 g/mol. The number of carbonyl (C=O) groups is 1. The Hall–Kier alpha value is -3.27. The van der Waals surface area contributed by atoms with Gasteiger partial charge >= 0.3 is 0 Å². The third kappa shape index (κ3) is 5.38. The van der Waals surface area contributed by atoms with Crippen molar-refractivity contribution in [1.29, 1.82) is 0 Å². The van der Waals surface area contributed by atoms with Gasteiger partial charge in [0.2, 0.25) is 5.91 Å². The molecule has 0 spiro atoms. The minimum absolute atomic E-state index is 0.000247. The summed E-state index contributed by atoms with van der Waals surface area (Å²) in [7, 11) is -3.87. The summed E-state index contributed by atoms with van der Waals surface area (Å²) < 4.78 is 24.3. The molecule has 0 aromatic heterocycles. The van der Waals surface area contributed by atoms with E-state index < -0.39 is 14.9 Å². The number of nitro groups is 1. The Kier molecular flexibility index (Phi) is 6.02. The number of benzene rings is 2. The molecule has 2 aromatic rings. The van der Waals surface area contributed by atoms with Crippen LogP contribution < -0.4 is 10.1 Å². The van der Waals surface area contributed by atoms with Crippen molar-refractivity contribution in [3.63, 3.8) is 0 Å². The van der Waals surface area contributed by atoms with E-state index in [-0.39, 0.29) is 16.5 Å². The topological polar surface area (TPSA) is 131 Å². The number of hydrogen-bond acceptors (Lipinski definition) is 6. The van der Waals surface area contributed by atoms with Crippen LogP contribution in [0, 0.1) is 10.1 Å². The summed E-state index contributed by atoms with van der Waals surface area (Å²) in [6.45, 7) is 1.69. The number of carbonyl (C=O) groups excluding carboxylic acids is 1. The fourth-order valence-electron chi connectivity index (χ4n) is 1.95. The van der Waals surface area contributed by atoms with Crippen LogP contribution in [0.25, 0.3) is 0 Å². The van der Waals surface area contributed by atoms with Crippen LogP contribution in [0.5, 0.6) is 0 Å². The molecule has 0 bridgehead atoms. The molecule has 0 saturated carbocycles. The number of non-ortho nitro benzene ring substituents is 1. The Labute approximate surface area is 149 Å². The molecule has 26 heavy (non-hydrogen) atoms. The van der Waals surface area contributed by atoms with Gasteiger partial charge in [-0.1, -0.05) is 24.3 Å². The standard InChI is InChI=1S/C16H16N4O5S/c1-12(21)17-10-13-5-7-16(8-6-13)26(24,25)19-18-11-14-3-2-4-15(9-14)20(22)23/h2-9,11,19H,10H2,1H3,(H,17,21)/b18-11+. The fourth-order valence-corrected chi connectivity index (χ4v) is 2.75. The van der Waals surface area contributed by atoms with E-state index in [4.69, 9.17) is 0 Å². The van der Waals surface area contributed by atoms with E-state index in [9.17, 15) is 23.3 Å². The van der Waals surface area contributed by atoms with Crippen LogP contribution in [0.3, 0.4) is 0 Å². The molecule has 10 heteroatoms. The molecule has 0 aliphatic rings. The van der Waals surface area contributed by atoms with E-state index in [1.807, 2.05) is 4.83 Å². The average Bonchev–Trinajstić information content (AvgIpc) is 2.60. The SMILES string of the molecule is CC(=O)NCc1ccc(S(=O)(=O)N/N=C/c2cccc([N+](=O)[O-])c2)cc1. The highest BCUT2D eigenvalue weighted by molar-refractivity contribution is 7.89. The van der Waals surface area contributed by atoms with E-state index in [0.717, 1.165) is 5.56 Å². The lowest BCUT2D eigenvalue weighted by Crippen LogP contribution is -2.20. The van der Waals surface area contributed by atoms with Crippen LogP contribution in [-0.4, -0.2) is 25.5 Å². The van der Waals surface area contributed by atoms with Crippen molar-refractivity contribution in [2.45, 2.75) is 18.4 Å². The average molecular weight is 376 g/mol. The number of nitrogens with one attached hydrogen (secondary N) is 2. The normalized spacial score (nSPS) is 11.3. The Morgan fingerprint density at radius 2 is 1.92 bits per heavy atom. The van der Waals surface area contributed by atoms with E-state index in [2.05, 4.69) is 10.4 Å². The number of hydrazone groups is 1. The van der Waals surface area contributed by atoms with Gasteiger partial charge in [0, 0.05) is 31.2 Å². The zero-order chi connectivity index (χ0) is 19.2. The number of rotatable bonds is 7. The summed E-state index contributed by atoms with van der Waals surface area (Å²) in [5, 5.41) is 16.9. The second-order valence-electron chi connectivity index (χ2n) is 5.26. The Morgan fingerprint density at radius 3 is 2.54 bits per heavy atom. The van der Waals surface area contributed by atoms with Crippen molar-refractivity contribution in [3.05, 3.63) is 69.8 Å². The van der Waals surface area contributed by atoms with Gasteiger partial charge in [-0.2, -0.15) is 13.5 Å². The summed E-state index contributed by atoms with van der Waals surface area (Å²) in [6.07, 6.45) is 1.18. The molecule has 0 radical (unpaired) electrons. The Bertz CT molecular complexity index is 939. The Morgan fingerprint density at radius 1 is 1.23 bits per heavy atom. The number of nitro benzene ring substituents is 1. The molecule has 2 N–H and O–H groups in total. The predicted octanol–water partition coefficient (Wildman–Crippen LogP) is 1.54. The highest BCUT2D eigenvalue weighted by Crippen LogP contribution is 2.12. The van der Waals surface area contributed by atoms with Gasteiger partial charge in [0.25, 0.3) is 15.7 Å². The van der Waals surface area contributed by atoms with Crippen LogP contribution >= 0.6 is 0 Å². The first-order valence-corrected chi connectivity index (χ1v) is 8.89. The third-order valence-corrected chi connectivity index (χ3v) is 4.48. The fraction of sp³-hybridized carbons (Fsp3) is 0.125. The van der Waals surface area contributed by atoms with E-state index in [1.54, 1.807) is 18.2 Å². The van der Waals surface area contributed by atoms with Crippen molar-refractivity contribution >= 4 is 27.8 Å². The lowest BCUT2D eigenvalue weighted by atomic mass is 10.2. The maximum Gasteiger partial charge on any atom is 0.276 e. The second-order valence-corrected chi connectivity index (χ2v) is 6.92. The molecule has 9 nitrogen and oxygen atoms in total. The summed E-state index contributed by atoms with van der Waals surface area (Å²) in [6, 6.07) is 11.6. The van der Waals surface area contributed by atoms with Crippen molar-refractivity contribution in [2.75, 3.05) is 0 Å². The maximum absolute atomic E-state index is 12.2. The molecule has 0 saturated heterocycles. The van der Waals surface area contributed by atoms with Gasteiger partial charge in [0.1, 0.15) is 0 Å².